The van der Waals surface area contributed by atoms with Gasteiger partial charge in [-0.3, -0.25) is 4.79 Å². The van der Waals surface area contributed by atoms with Gasteiger partial charge in [0.15, 0.2) is 0 Å². The van der Waals surface area contributed by atoms with Crippen LogP contribution in [0.5, 0.6) is 0 Å². The number of rotatable bonds is 4. The summed E-state index contributed by atoms with van der Waals surface area (Å²) in [6, 6.07) is 17.7. The number of sulfonamides is 1. The monoisotopic (exact) mass is 513 g/mol. The van der Waals surface area contributed by atoms with E-state index < -0.39 is 21.5 Å². The quantitative estimate of drug-likeness (QED) is 0.619. The topological polar surface area (TPSA) is 87.2 Å². The molecule has 36 heavy (non-hydrogen) atoms. The van der Waals surface area contributed by atoms with Gasteiger partial charge in [-0.2, -0.15) is 4.31 Å². The van der Waals surface area contributed by atoms with E-state index in [0.717, 1.165) is 5.56 Å². The fourth-order valence-corrected chi connectivity index (χ4v) is 6.55. The largest absolute Gasteiger partial charge is 0.444 e. The van der Waals surface area contributed by atoms with Gasteiger partial charge in [0.05, 0.1) is 16.9 Å². The molecule has 0 saturated carbocycles. The summed E-state index contributed by atoms with van der Waals surface area (Å²) in [4.78, 5) is 29.5. The molecule has 9 heteroatoms. The first-order chi connectivity index (χ1) is 17.1. The van der Waals surface area contributed by atoms with Crippen molar-refractivity contribution in [1.29, 1.82) is 0 Å². The molecule has 0 N–H and O–H groups in total. The molecule has 2 saturated heterocycles. The fraction of sp³-hybridized carbons (Fsp3) is 0.481. The number of hydrogen-bond acceptors (Lipinski definition) is 5. The Morgan fingerprint density at radius 2 is 1.39 bits per heavy atom. The molecule has 8 nitrogen and oxygen atoms in total. The third kappa shape index (κ3) is 5.90. The first-order valence-electron chi connectivity index (χ1n) is 12.4. The number of piperazine rings is 1. The van der Waals surface area contributed by atoms with Crippen LogP contribution >= 0.6 is 0 Å². The van der Waals surface area contributed by atoms with Crippen LogP contribution in [0.25, 0.3) is 0 Å². The normalized spacial score (nSPS) is 21.8. The number of hydrogen-bond donors (Lipinski definition) is 0. The highest BCUT2D eigenvalue weighted by molar-refractivity contribution is 7.89. The maximum Gasteiger partial charge on any atom is 0.410 e. The van der Waals surface area contributed by atoms with Gasteiger partial charge in [0.2, 0.25) is 15.9 Å². The van der Waals surface area contributed by atoms with Crippen LogP contribution in [0, 0.1) is 5.92 Å². The van der Waals surface area contributed by atoms with E-state index in [2.05, 4.69) is 0 Å². The highest BCUT2D eigenvalue weighted by atomic mass is 32.2. The van der Waals surface area contributed by atoms with Crippen molar-refractivity contribution in [2.45, 2.75) is 50.2 Å². The standard InChI is InChI=1S/C27H35N3O5S/c1-27(2,3)35-26(32)29-18-16-28(17-19-29)25(31)22-14-15-24(21-10-6-4-7-11-21)30(20-22)36(33,34)23-12-8-5-9-13-23/h4-13,22,24H,14-20H2,1-3H3. The number of ether oxygens (including phenoxy) is 1. The summed E-state index contributed by atoms with van der Waals surface area (Å²) in [6.07, 6.45) is 0.786. The molecule has 2 aliphatic heterocycles. The van der Waals surface area contributed by atoms with E-state index in [1.165, 1.54) is 4.31 Å². The lowest BCUT2D eigenvalue weighted by Gasteiger charge is -2.41. The SMILES string of the molecule is CC(C)(C)OC(=O)N1CCN(C(=O)C2CCC(c3ccccc3)N(S(=O)(=O)c3ccccc3)C2)CC1. The lowest BCUT2D eigenvalue weighted by molar-refractivity contribution is -0.138. The molecule has 2 aliphatic rings. The summed E-state index contributed by atoms with van der Waals surface area (Å²) in [6.45, 7) is 7.20. The lowest BCUT2D eigenvalue weighted by Crippen LogP contribution is -2.54. The summed E-state index contributed by atoms with van der Waals surface area (Å²) in [5.74, 6) is -0.491. The molecule has 2 aromatic rings. The molecular weight excluding hydrogens is 478 g/mol. The fourth-order valence-electron chi connectivity index (χ4n) is 4.84. The number of carbonyl (C=O) groups is 2. The van der Waals surface area contributed by atoms with Crippen molar-refractivity contribution in [3.8, 4) is 0 Å². The van der Waals surface area contributed by atoms with Crippen molar-refractivity contribution in [2.24, 2.45) is 5.92 Å². The van der Waals surface area contributed by atoms with Crippen molar-refractivity contribution < 1.29 is 22.7 Å². The Morgan fingerprint density at radius 1 is 0.833 bits per heavy atom. The third-order valence-corrected chi connectivity index (χ3v) is 8.55. The van der Waals surface area contributed by atoms with Gasteiger partial charge in [-0.1, -0.05) is 48.5 Å². The average Bonchev–Trinajstić information content (AvgIpc) is 2.88. The zero-order valence-corrected chi connectivity index (χ0v) is 22.0. The number of nitrogens with zero attached hydrogens (tertiary/aromatic N) is 3. The average molecular weight is 514 g/mol. The van der Waals surface area contributed by atoms with Gasteiger partial charge in [-0.15, -0.1) is 0 Å². The van der Waals surface area contributed by atoms with Crippen LogP contribution in [0.3, 0.4) is 0 Å². The first-order valence-corrected chi connectivity index (χ1v) is 13.9. The van der Waals surface area contributed by atoms with E-state index in [-0.39, 0.29) is 29.5 Å². The molecule has 194 valence electrons. The van der Waals surface area contributed by atoms with E-state index in [1.807, 2.05) is 51.1 Å². The van der Waals surface area contributed by atoms with Gasteiger partial charge in [0.1, 0.15) is 5.60 Å². The zero-order valence-electron chi connectivity index (χ0n) is 21.2. The van der Waals surface area contributed by atoms with Crippen LogP contribution in [0.15, 0.2) is 65.6 Å². The maximum absolute atomic E-state index is 13.7. The van der Waals surface area contributed by atoms with Gasteiger partial charge in [0, 0.05) is 32.7 Å². The smallest absolute Gasteiger partial charge is 0.410 e. The number of piperidine rings is 1. The predicted octanol–water partition coefficient (Wildman–Crippen LogP) is 3.91. The molecule has 0 spiro atoms. The molecule has 0 aromatic heterocycles. The molecule has 0 bridgehead atoms. The van der Waals surface area contributed by atoms with E-state index in [0.29, 0.717) is 39.0 Å². The Kier molecular flexibility index (Phi) is 7.70. The number of carbonyl (C=O) groups excluding carboxylic acids is 2. The van der Waals surface area contributed by atoms with Crippen molar-refractivity contribution in [2.75, 3.05) is 32.7 Å². The second kappa shape index (κ2) is 10.6. The minimum absolute atomic E-state index is 0.0568. The molecule has 0 radical (unpaired) electrons. The highest BCUT2D eigenvalue weighted by Gasteiger charge is 2.41. The van der Waals surface area contributed by atoms with Gasteiger partial charge in [-0.25, -0.2) is 13.2 Å². The van der Waals surface area contributed by atoms with Crippen LogP contribution < -0.4 is 0 Å². The Bertz CT molecular complexity index is 1160. The maximum atomic E-state index is 13.7. The van der Waals surface area contributed by atoms with Gasteiger partial charge >= 0.3 is 6.09 Å². The van der Waals surface area contributed by atoms with Crippen LogP contribution in [0.1, 0.15) is 45.2 Å². The van der Waals surface area contributed by atoms with Crippen LogP contribution in [0.4, 0.5) is 4.79 Å². The van der Waals surface area contributed by atoms with E-state index in [1.54, 1.807) is 40.1 Å². The zero-order chi connectivity index (χ0) is 25.9. The Balaban J connectivity index is 1.49. The Morgan fingerprint density at radius 3 is 1.97 bits per heavy atom. The van der Waals surface area contributed by atoms with Gasteiger partial charge in [-0.05, 0) is 51.3 Å². The summed E-state index contributed by atoms with van der Waals surface area (Å²) >= 11 is 0. The van der Waals surface area contributed by atoms with Crippen molar-refractivity contribution >= 4 is 22.0 Å². The Labute approximate surface area is 213 Å². The summed E-state index contributed by atoms with van der Waals surface area (Å²) in [7, 11) is -3.80. The van der Waals surface area contributed by atoms with E-state index in [4.69, 9.17) is 4.74 Å². The summed E-state index contributed by atoms with van der Waals surface area (Å²) < 4.78 is 34.3. The van der Waals surface area contributed by atoms with E-state index >= 15 is 0 Å². The minimum atomic E-state index is -3.80. The van der Waals surface area contributed by atoms with Crippen molar-refractivity contribution in [3.05, 3.63) is 66.2 Å². The lowest BCUT2D eigenvalue weighted by atomic mass is 9.90. The molecule has 0 aliphatic carbocycles. The van der Waals surface area contributed by atoms with Gasteiger partial charge < -0.3 is 14.5 Å². The Hall–Kier alpha value is -2.91. The summed E-state index contributed by atoms with van der Waals surface area (Å²) in [5.41, 5.74) is 0.351. The second-order valence-corrected chi connectivity index (χ2v) is 12.3. The van der Waals surface area contributed by atoms with Crippen LogP contribution in [-0.4, -0.2) is 72.8 Å². The highest BCUT2D eigenvalue weighted by Crippen LogP contribution is 2.38. The molecule has 2 fully saturated rings. The summed E-state index contributed by atoms with van der Waals surface area (Å²) in [5, 5.41) is 0. The van der Waals surface area contributed by atoms with Crippen LogP contribution in [0.2, 0.25) is 0 Å². The molecule has 2 amide bonds. The van der Waals surface area contributed by atoms with E-state index in [9.17, 15) is 18.0 Å². The molecule has 4 rings (SSSR count). The van der Waals surface area contributed by atoms with Crippen molar-refractivity contribution in [1.82, 2.24) is 14.1 Å². The third-order valence-electron chi connectivity index (χ3n) is 6.66. The first kappa shape index (κ1) is 26.2. The molecular formula is C27H35N3O5S. The number of benzene rings is 2. The minimum Gasteiger partial charge on any atom is -0.444 e. The molecule has 2 atom stereocenters. The molecule has 2 unspecified atom stereocenters. The number of amides is 2. The molecule has 2 heterocycles. The van der Waals surface area contributed by atoms with Gasteiger partial charge in [0.25, 0.3) is 0 Å². The van der Waals surface area contributed by atoms with Crippen LogP contribution in [-0.2, 0) is 19.6 Å². The van der Waals surface area contributed by atoms with Crippen molar-refractivity contribution in [3.63, 3.8) is 0 Å². The molecule has 2 aromatic carbocycles. The predicted molar refractivity (Wildman–Crippen MR) is 137 cm³/mol. The second-order valence-electron chi connectivity index (χ2n) is 10.4.